The van der Waals surface area contributed by atoms with Gasteiger partial charge in [0, 0.05) is 17.2 Å². The molecule has 1 unspecified atom stereocenters. The molecule has 1 fully saturated rings. The Labute approximate surface area is 258 Å². The van der Waals surface area contributed by atoms with E-state index in [2.05, 4.69) is 33.9 Å². The van der Waals surface area contributed by atoms with Crippen molar-refractivity contribution in [1.29, 1.82) is 0 Å². The van der Waals surface area contributed by atoms with Crippen molar-refractivity contribution in [3.05, 3.63) is 79.1 Å². The smallest absolute Gasteiger partial charge is 0.333 e. The number of epoxide rings is 1. The van der Waals surface area contributed by atoms with Gasteiger partial charge in [0.15, 0.2) is 0 Å². The Bertz CT molecular complexity index is 1210. The first-order valence-electron chi connectivity index (χ1n) is 13.1. The lowest BCUT2D eigenvalue weighted by Crippen LogP contribution is -2.13. The predicted octanol–water partition coefficient (Wildman–Crippen LogP) is 3.68. The van der Waals surface area contributed by atoms with Crippen molar-refractivity contribution in [2.45, 2.75) is 45.1 Å². The van der Waals surface area contributed by atoms with Gasteiger partial charge in [-0.1, -0.05) is 44.4 Å². The average molecular weight is 643 g/mol. The Balaban J connectivity index is 0. The number of aliphatic hydroxyl groups is 1. The maximum atomic E-state index is 11.7. The van der Waals surface area contributed by atoms with Crippen LogP contribution in [0.15, 0.2) is 78.5 Å². The molecule has 0 aliphatic carbocycles. The van der Waals surface area contributed by atoms with Gasteiger partial charge >= 0.3 is 23.9 Å². The first-order valence-corrected chi connectivity index (χ1v) is 14.5. The van der Waals surface area contributed by atoms with E-state index < -0.39 is 22.1 Å². The molecule has 2 rings (SSSR count). The van der Waals surface area contributed by atoms with Crippen LogP contribution in [-0.4, -0.2) is 83.6 Å². The van der Waals surface area contributed by atoms with Crippen molar-refractivity contribution in [1.82, 2.24) is 0 Å². The Morgan fingerprint density at radius 3 is 1.91 bits per heavy atom. The second-order valence-electron chi connectivity index (χ2n) is 8.55. The van der Waals surface area contributed by atoms with E-state index in [1.807, 2.05) is 13.8 Å². The highest BCUT2D eigenvalue weighted by Crippen LogP contribution is 2.13. The van der Waals surface area contributed by atoms with Gasteiger partial charge in [-0.25, -0.2) is 19.2 Å². The molecule has 0 spiro atoms. The largest absolute Gasteiger partial charge is 0.515 e. The summed E-state index contributed by atoms with van der Waals surface area (Å²) in [7, 11) is -2.47. The van der Waals surface area contributed by atoms with Crippen LogP contribution in [0.25, 0.3) is 0 Å². The summed E-state index contributed by atoms with van der Waals surface area (Å²) in [5, 5.41) is 8.05. The van der Waals surface area contributed by atoms with Crippen molar-refractivity contribution in [3.63, 3.8) is 0 Å². The molecule has 246 valence electrons. The molecule has 1 aromatic carbocycles. The zero-order valence-corrected chi connectivity index (χ0v) is 26.6. The number of carbonyl (C=O) groups excluding carboxylic acids is 4. The molecule has 1 aromatic rings. The maximum absolute atomic E-state index is 11.7. The fourth-order valence-electron chi connectivity index (χ4n) is 2.06. The number of aryl methyl sites for hydroxylation is 1. The summed E-state index contributed by atoms with van der Waals surface area (Å²) in [6, 6.07) is 6.27. The van der Waals surface area contributed by atoms with E-state index in [0.29, 0.717) is 37.2 Å². The van der Waals surface area contributed by atoms with Gasteiger partial charge in [-0.15, -0.1) is 0 Å². The van der Waals surface area contributed by atoms with Crippen molar-refractivity contribution >= 4 is 34.0 Å². The molecule has 1 saturated heterocycles. The lowest BCUT2D eigenvalue weighted by molar-refractivity contribution is -0.140. The van der Waals surface area contributed by atoms with E-state index in [4.69, 9.17) is 18.8 Å². The topological polar surface area (TPSA) is 181 Å². The van der Waals surface area contributed by atoms with E-state index in [-0.39, 0.29) is 36.2 Å². The van der Waals surface area contributed by atoms with E-state index in [0.717, 1.165) is 24.1 Å². The van der Waals surface area contributed by atoms with Crippen LogP contribution in [0.4, 0.5) is 0 Å². The Morgan fingerprint density at radius 2 is 1.50 bits per heavy atom. The van der Waals surface area contributed by atoms with E-state index in [1.54, 1.807) is 26.0 Å². The fourth-order valence-corrected chi connectivity index (χ4v) is 2.95. The molecule has 0 aromatic heterocycles. The van der Waals surface area contributed by atoms with Crippen LogP contribution in [0.3, 0.4) is 0 Å². The van der Waals surface area contributed by atoms with Gasteiger partial charge < -0.3 is 28.8 Å². The summed E-state index contributed by atoms with van der Waals surface area (Å²) >= 11 is 0. The number of esters is 4. The predicted molar refractivity (Wildman–Crippen MR) is 161 cm³/mol. The molecular formula is C30H42O13S. The van der Waals surface area contributed by atoms with E-state index in [9.17, 15) is 27.6 Å². The minimum Gasteiger partial charge on any atom is -0.515 e. The summed E-state index contributed by atoms with van der Waals surface area (Å²) in [6.45, 7) is 18.1. The zero-order valence-electron chi connectivity index (χ0n) is 25.7. The van der Waals surface area contributed by atoms with Crippen molar-refractivity contribution < 1.29 is 60.6 Å². The number of ether oxygens (including phenoxy) is 5. The standard InChI is InChI=1S/C12H14O5S.C7H10O3.C6H10O3.C5H8O2/c1-3-12(13)16-8-9-17-18(14,15)11-6-4-10(2)5-7-11;1-5(2)7(8)10-4-6-3-9-6;1-2-5-9-6(8)3-4-7;1-4(2)5(6)7-3/h3-7H,1,8-9H2,2H3;6H,1,3-4H2,2H3;3-4,7H,2,5H2,1H3;1H2,2-3H3. The SMILES string of the molecule is C=C(C)C(=O)OC.C=C(C)C(=O)OCC1CO1.C=CC(=O)OCCOS(=O)(=O)c1ccc(C)cc1.CCCOC(=O)C=CO. The Kier molecular flexibility index (Phi) is 23.0. The monoisotopic (exact) mass is 642 g/mol. The minimum atomic E-state index is -3.80. The average Bonchev–Trinajstić information content (AvgIpc) is 3.82. The van der Waals surface area contributed by atoms with Crippen LogP contribution in [-0.2, 0) is 57.2 Å². The number of rotatable bonds is 13. The Hall–Kier alpha value is -4.27. The van der Waals surface area contributed by atoms with Gasteiger partial charge in [-0.2, -0.15) is 8.42 Å². The highest BCUT2D eigenvalue weighted by molar-refractivity contribution is 7.86. The van der Waals surface area contributed by atoms with E-state index >= 15 is 0 Å². The lowest BCUT2D eigenvalue weighted by Gasteiger charge is -2.06. The third kappa shape index (κ3) is 23.3. The van der Waals surface area contributed by atoms with Gasteiger partial charge in [0.05, 0.1) is 37.6 Å². The van der Waals surface area contributed by atoms with Gasteiger partial charge in [-0.3, -0.25) is 4.18 Å². The molecule has 14 heteroatoms. The first-order chi connectivity index (χ1) is 20.6. The normalized spacial score (nSPS) is 12.7. The summed E-state index contributed by atoms with van der Waals surface area (Å²) in [5.41, 5.74) is 1.82. The molecule has 1 heterocycles. The quantitative estimate of drug-likeness (QED) is 0.0626. The van der Waals surface area contributed by atoms with Crippen LogP contribution < -0.4 is 0 Å². The van der Waals surface area contributed by atoms with Gasteiger partial charge in [0.1, 0.15) is 25.9 Å². The molecule has 1 aliphatic rings. The lowest BCUT2D eigenvalue weighted by atomic mass is 10.2. The minimum absolute atomic E-state index is 0.0724. The first kappa shape index (κ1) is 41.9. The van der Waals surface area contributed by atoms with Gasteiger partial charge in [0.2, 0.25) is 0 Å². The molecular weight excluding hydrogens is 600 g/mol. The van der Waals surface area contributed by atoms with Crippen LogP contribution in [0.1, 0.15) is 32.8 Å². The third-order valence-corrected chi connectivity index (χ3v) is 5.71. The maximum Gasteiger partial charge on any atom is 0.333 e. The van der Waals surface area contributed by atoms with Crippen molar-refractivity contribution in [2.75, 3.05) is 40.1 Å². The van der Waals surface area contributed by atoms with Crippen LogP contribution in [0.2, 0.25) is 0 Å². The zero-order chi connectivity index (χ0) is 34.1. The van der Waals surface area contributed by atoms with Crippen molar-refractivity contribution in [3.8, 4) is 0 Å². The number of carbonyl (C=O) groups is 4. The molecule has 0 radical (unpaired) electrons. The molecule has 0 bridgehead atoms. The van der Waals surface area contributed by atoms with Gasteiger partial charge in [0.25, 0.3) is 10.1 Å². The number of hydrogen-bond donors (Lipinski definition) is 1. The summed E-state index contributed by atoms with van der Waals surface area (Å²) in [6.07, 6.45) is 3.57. The Morgan fingerprint density at radius 1 is 0.955 bits per heavy atom. The number of methoxy groups -OCH3 is 1. The fraction of sp³-hybridized carbons (Fsp3) is 0.400. The van der Waals surface area contributed by atoms with E-state index in [1.165, 1.54) is 19.2 Å². The molecule has 44 heavy (non-hydrogen) atoms. The van der Waals surface area contributed by atoms with Crippen LogP contribution in [0.5, 0.6) is 0 Å². The second kappa shape index (κ2) is 24.2. The second-order valence-corrected chi connectivity index (χ2v) is 10.2. The number of hydrogen-bond acceptors (Lipinski definition) is 13. The number of benzene rings is 1. The molecule has 0 saturated carbocycles. The van der Waals surface area contributed by atoms with Gasteiger partial charge in [-0.05, 0) is 39.3 Å². The van der Waals surface area contributed by atoms with Crippen molar-refractivity contribution in [2.24, 2.45) is 0 Å². The highest BCUT2D eigenvalue weighted by Gasteiger charge is 2.24. The molecule has 1 N–H and O–H groups in total. The molecule has 1 atom stereocenters. The molecule has 1 aliphatic heterocycles. The highest BCUT2D eigenvalue weighted by atomic mass is 32.2. The molecule has 0 amide bonds. The molecule has 13 nitrogen and oxygen atoms in total. The summed E-state index contributed by atoms with van der Waals surface area (Å²) < 4.78 is 51.1. The van der Waals surface area contributed by atoms with Crippen LogP contribution >= 0.6 is 0 Å². The van der Waals surface area contributed by atoms with Crippen LogP contribution in [0, 0.1) is 6.92 Å². The summed E-state index contributed by atoms with van der Waals surface area (Å²) in [4.78, 5) is 42.0. The number of aliphatic hydroxyl groups excluding tert-OH is 1. The third-order valence-electron chi connectivity index (χ3n) is 4.39. The summed E-state index contributed by atoms with van der Waals surface area (Å²) in [5.74, 6) is -1.80.